The van der Waals surface area contributed by atoms with Crippen molar-refractivity contribution in [2.75, 3.05) is 6.61 Å². The summed E-state index contributed by atoms with van der Waals surface area (Å²) in [4.78, 5) is 0. The Kier molecular flexibility index (Phi) is 5.49. The summed E-state index contributed by atoms with van der Waals surface area (Å²) in [5.74, 6) is 1.46. The van der Waals surface area contributed by atoms with Gasteiger partial charge in [0.2, 0.25) is 0 Å². The quantitative estimate of drug-likeness (QED) is 0.808. The van der Waals surface area contributed by atoms with Gasteiger partial charge >= 0.3 is 0 Å². The average Bonchev–Trinajstić information content (AvgIpc) is 2.30. The van der Waals surface area contributed by atoms with Gasteiger partial charge in [-0.15, -0.1) is 0 Å². The van der Waals surface area contributed by atoms with Gasteiger partial charge in [-0.3, -0.25) is 0 Å². The zero-order valence-electron chi connectivity index (χ0n) is 11.5. The molecule has 1 atom stereocenters. The van der Waals surface area contributed by atoms with Gasteiger partial charge in [-0.25, -0.2) is 0 Å². The number of benzene rings is 1. The Labute approximate surface area is 105 Å². The lowest BCUT2D eigenvalue weighted by Gasteiger charge is -2.17. The van der Waals surface area contributed by atoms with Gasteiger partial charge in [0.25, 0.3) is 0 Å². The van der Waals surface area contributed by atoms with E-state index in [9.17, 15) is 0 Å². The topological polar surface area (TPSA) is 35.2 Å². The van der Waals surface area contributed by atoms with Crippen molar-refractivity contribution in [3.63, 3.8) is 0 Å². The third-order valence-corrected chi connectivity index (χ3v) is 2.98. The zero-order chi connectivity index (χ0) is 12.8. The molecule has 96 valence electrons. The summed E-state index contributed by atoms with van der Waals surface area (Å²) in [6, 6.07) is 6.50. The SMILES string of the molecule is CCCC(N)c1ccc(OCC)c(C(C)C)c1. The van der Waals surface area contributed by atoms with E-state index in [0.29, 0.717) is 12.5 Å². The van der Waals surface area contributed by atoms with Gasteiger partial charge < -0.3 is 10.5 Å². The number of nitrogens with two attached hydrogens (primary N) is 1. The van der Waals surface area contributed by atoms with E-state index in [2.05, 4.69) is 39.0 Å². The fourth-order valence-electron chi connectivity index (χ4n) is 2.01. The molecule has 0 aliphatic rings. The van der Waals surface area contributed by atoms with E-state index >= 15 is 0 Å². The standard InChI is InChI=1S/C15H25NO/c1-5-7-14(16)12-8-9-15(17-6-2)13(10-12)11(3)4/h8-11,14H,5-7,16H2,1-4H3. The van der Waals surface area contributed by atoms with Crippen molar-refractivity contribution < 1.29 is 4.74 Å². The lowest BCUT2D eigenvalue weighted by Crippen LogP contribution is -2.10. The van der Waals surface area contributed by atoms with E-state index in [1.807, 2.05) is 6.92 Å². The van der Waals surface area contributed by atoms with Crippen LogP contribution < -0.4 is 10.5 Å². The Bertz CT molecular complexity index is 347. The highest BCUT2D eigenvalue weighted by Crippen LogP contribution is 2.30. The first-order chi connectivity index (χ1) is 8.10. The van der Waals surface area contributed by atoms with E-state index in [4.69, 9.17) is 10.5 Å². The highest BCUT2D eigenvalue weighted by atomic mass is 16.5. The molecule has 0 aliphatic carbocycles. The lowest BCUT2D eigenvalue weighted by molar-refractivity contribution is 0.335. The van der Waals surface area contributed by atoms with E-state index in [0.717, 1.165) is 18.6 Å². The molecular formula is C15H25NO. The highest BCUT2D eigenvalue weighted by Gasteiger charge is 2.12. The molecule has 0 amide bonds. The summed E-state index contributed by atoms with van der Waals surface area (Å²) in [5.41, 5.74) is 8.64. The maximum absolute atomic E-state index is 6.16. The first-order valence-corrected chi connectivity index (χ1v) is 6.62. The van der Waals surface area contributed by atoms with Crippen LogP contribution in [0.2, 0.25) is 0 Å². The maximum atomic E-state index is 6.16. The Morgan fingerprint density at radius 3 is 2.47 bits per heavy atom. The predicted molar refractivity (Wildman–Crippen MR) is 73.5 cm³/mol. The second kappa shape index (κ2) is 6.65. The Morgan fingerprint density at radius 1 is 1.24 bits per heavy atom. The summed E-state index contributed by atoms with van der Waals surface area (Å²) in [6.07, 6.45) is 2.15. The van der Waals surface area contributed by atoms with Crippen LogP contribution in [0, 0.1) is 0 Å². The molecule has 1 rings (SSSR count). The number of hydrogen-bond acceptors (Lipinski definition) is 2. The summed E-state index contributed by atoms with van der Waals surface area (Å²) < 4.78 is 5.65. The third-order valence-electron chi connectivity index (χ3n) is 2.98. The second-order valence-electron chi connectivity index (χ2n) is 4.78. The van der Waals surface area contributed by atoms with Gasteiger partial charge in [0.1, 0.15) is 5.75 Å². The van der Waals surface area contributed by atoms with Crippen molar-refractivity contribution in [2.45, 2.75) is 52.5 Å². The molecule has 2 heteroatoms. The van der Waals surface area contributed by atoms with Crippen molar-refractivity contribution in [3.05, 3.63) is 29.3 Å². The smallest absolute Gasteiger partial charge is 0.122 e. The van der Waals surface area contributed by atoms with Gasteiger partial charge in [0, 0.05) is 6.04 Å². The molecule has 0 saturated carbocycles. The van der Waals surface area contributed by atoms with Gasteiger partial charge in [-0.05, 0) is 36.5 Å². The van der Waals surface area contributed by atoms with Crippen LogP contribution in [0.25, 0.3) is 0 Å². The Balaban J connectivity index is 3.00. The number of rotatable bonds is 6. The maximum Gasteiger partial charge on any atom is 0.122 e. The highest BCUT2D eigenvalue weighted by molar-refractivity contribution is 5.40. The van der Waals surface area contributed by atoms with Crippen LogP contribution in [0.1, 0.15) is 63.6 Å². The molecule has 0 heterocycles. The number of ether oxygens (including phenoxy) is 1. The minimum atomic E-state index is 0.146. The van der Waals surface area contributed by atoms with Crippen LogP contribution in [-0.2, 0) is 0 Å². The molecule has 2 nitrogen and oxygen atoms in total. The molecule has 0 radical (unpaired) electrons. The minimum absolute atomic E-state index is 0.146. The second-order valence-corrected chi connectivity index (χ2v) is 4.78. The first kappa shape index (κ1) is 14.0. The fraction of sp³-hybridized carbons (Fsp3) is 0.600. The molecule has 17 heavy (non-hydrogen) atoms. The Hall–Kier alpha value is -1.02. The predicted octanol–water partition coefficient (Wildman–Crippen LogP) is 4.01. The summed E-state index contributed by atoms with van der Waals surface area (Å²) in [7, 11) is 0. The third kappa shape index (κ3) is 3.74. The van der Waals surface area contributed by atoms with Crippen molar-refractivity contribution >= 4 is 0 Å². The molecule has 0 aromatic heterocycles. The van der Waals surface area contributed by atoms with Crippen LogP contribution >= 0.6 is 0 Å². The fourth-order valence-corrected chi connectivity index (χ4v) is 2.01. The van der Waals surface area contributed by atoms with E-state index in [1.54, 1.807) is 0 Å². The van der Waals surface area contributed by atoms with Crippen LogP contribution in [0.3, 0.4) is 0 Å². The van der Waals surface area contributed by atoms with E-state index in [-0.39, 0.29) is 6.04 Å². The van der Waals surface area contributed by atoms with Crippen molar-refractivity contribution in [1.82, 2.24) is 0 Å². The largest absolute Gasteiger partial charge is 0.494 e. The van der Waals surface area contributed by atoms with Crippen LogP contribution in [0.4, 0.5) is 0 Å². The monoisotopic (exact) mass is 235 g/mol. The van der Waals surface area contributed by atoms with Crippen LogP contribution in [0.15, 0.2) is 18.2 Å². The lowest BCUT2D eigenvalue weighted by atomic mass is 9.95. The number of hydrogen-bond donors (Lipinski definition) is 1. The van der Waals surface area contributed by atoms with Crippen molar-refractivity contribution in [1.29, 1.82) is 0 Å². The summed E-state index contributed by atoms with van der Waals surface area (Å²) in [6.45, 7) is 9.26. The average molecular weight is 235 g/mol. The molecule has 0 bridgehead atoms. The van der Waals surface area contributed by atoms with Gasteiger partial charge in [0.15, 0.2) is 0 Å². The normalized spacial score (nSPS) is 12.8. The molecule has 0 fully saturated rings. The molecule has 0 spiro atoms. The molecule has 0 aliphatic heterocycles. The van der Waals surface area contributed by atoms with E-state index < -0.39 is 0 Å². The zero-order valence-corrected chi connectivity index (χ0v) is 11.5. The van der Waals surface area contributed by atoms with Gasteiger partial charge in [0.05, 0.1) is 6.61 Å². The van der Waals surface area contributed by atoms with E-state index in [1.165, 1.54) is 11.1 Å². The molecular weight excluding hydrogens is 210 g/mol. The van der Waals surface area contributed by atoms with Crippen LogP contribution in [0.5, 0.6) is 5.75 Å². The molecule has 1 unspecified atom stereocenters. The van der Waals surface area contributed by atoms with Gasteiger partial charge in [-0.1, -0.05) is 39.3 Å². The van der Waals surface area contributed by atoms with Crippen LogP contribution in [-0.4, -0.2) is 6.61 Å². The summed E-state index contributed by atoms with van der Waals surface area (Å²) in [5, 5.41) is 0. The molecule has 1 aromatic carbocycles. The Morgan fingerprint density at radius 2 is 1.94 bits per heavy atom. The molecule has 2 N–H and O–H groups in total. The van der Waals surface area contributed by atoms with Crippen molar-refractivity contribution in [3.8, 4) is 5.75 Å². The van der Waals surface area contributed by atoms with Crippen molar-refractivity contribution in [2.24, 2.45) is 5.73 Å². The van der Waals surface area contributed by atoms with Gasteiger partial charge in [-0.2, -0.15) is 0 Å². The molecule has 1 aromatic rings. The minimum Gasteiger partial charge on any atom is -0.494 e. The molecule has 0 saturated heterocycles. The first-order valence-electron chi connectivity index (χ1n) is 6.62. The summed E-state index contributed by atoms with van der Waals surface area (Å²) >= 11 is 0.